The summed E-state index contributed by atoms with van der Waals surface area (Å²) in [6, 6.07) is 3.51. The Morgan fingerprint density at radius 3 is 2.64 bits per heavy atom. The van der Waals surface area contributed by atoms with E-state index in [0.29, 0.717) is 17.5 Å². The van der Waals surface area contributed by atoms with Crippen LogP contribution in [-0.2, 0) is 0 Å². The second-order valence-corrected chi connectivity index (χ2v) is 8.66. The summed E-state index contributed by atoms with van der Waals surface area (Å²) in [6.07, 6.45) is 6.37. The molecule has 1 aromatic heterocycles. The monoisotopic (exact) mass is 385 g/mol. The van der Waals surface area contributed by atoms with Gasteiger partial charge in [0.25, 0.3) is 0 Å². The van der Waals surface area contributed by atoms with Crippen molar-refractivity contribution in [2.75, 3.05) is 7.11 Å². The van der Waals surface area contributed by atoms with E-state index in [2.05, 4.69) is 11.6 Å². The van der Waals surface area contributed by atoms with Gasteiger partial charge >= 0.3 is 6.09 Å². The average molecular weight is 386 g/mol. The predicted molar refractivity (Wildman–Crippen MR) is 112 cm³/mol. The SMILES string of the molecule is C=Cc1cc2[nH]c(C(CC3CCCC3)N(C(=O)O)C(C)(C)C)nc2cc1OC. The van der Waals surface area contributed by atoms with E-state index in [1.807, 2.05) is 32.9 Å². The third kappa shape index (κ3) is 4.01. The zero-order valence-electron chi connectivity index (χ0n) is 17.3. The maximum Gasteiger partial charge on any atom is 0.408 e. The van der Waals surface area contributed by atoms with E-state index in [1.165, 1.54) is 12.8 Å². The standard InChI is InChI=1S/C22H31N3O3/c1-6-15-12-16-17(13-19(15)28-5)24-20(23-16)18(11-14-9-7-8-10-14)25(21(26)27)22(2,3)4/h6,12-14,18H,1,7-11H2,2-5H3,(H,23,24)(H,26,27). The highest BCUT2D eigenvalue weighted by atomic mass is 16.5. The number of aromatic nitrogens is 2. The highest BCUT2D eigenvalue weighted by molar-refractivity contribution is 5.81. The smallest absolute Gasteiger partial charge is 0.408 e. The third-order valence-electron chi connectivity index (χ3n) is 5.66. The Morgan fingerprint density at radius 2 is 2.11 bits per heavy atom. The minimum Gasteiger partial charge on any atom is -0.496 e. The first-order valence-electron chi connectivity index (χ1n) is 9.97. The fraction of sp³-hybridized carbons (Fsp3) is 0.545. The van der Waals surface area contributed by atoms with Crippen LogP contribution in [0.4, 0.5) is 4.79 Å². The van der Waals surface area contributed by atoms with Crippen LogP contribution in [0.3, 0.4) is 0 Å². The van der Waals surface area contributed by atoms with Crippen LogP contribution in [-0.4, -0.2) is 38.7 Å². The first kappa shape index (κ1) is 20.2. The van der Waals surface area contributed by atoms with E-state index < -0.39 is 11.6 Å². The van der Waals surface area contributed by atoms with Crippen LogP contribution >= 0.6 is 0 Å². The van der Waals surface area contributed by atoms with Crippen LogP contribution in [0.5, 0.6) is 5.75 Å². The molecule has 0 aliphatic heterocycles. The topological polar surface area (TPSA) is 78.5 Å². The van der Waals surface area contributed by atoms with E-state index in [4.69, 9.17) is 9.72 Å². The molecule has 1 amide bonds. The Kier molecular flexibility index (Phi) is 5.68. The number of aromatic amines is 1. The molecule has 2 aromatic rings. The average Bonchev–Trinajstić information content (AvgIpc) is 3.27. The summed E-state index contributed by atoms with van der Waals surface area (Å²) in [5.74, 6) is 1.93. The van der Waals surface area contributed by atoms with E-state index in [1.54, 1.807) is 18.1 Å². The Hall–Kier alpha value is -2.50. The lowest BCUT2D eigenvalue weighted by Gasteiger charge is -2.39. The predicted octanol–water partition coefficient (Wildman–Crippen LogP) is 5.61. The summed E-state index contributed by atoms with van der Waals surface area (Å²) in [4.78, 5) is 21.9. The van der Waals surface area contributed by atoms with Gasteiger partial charge in [-0.2, -0.15) is 0 Å². The molecule has 1 aliphatic rings. The number of methoxy groups -OCH3 is 1. The maximum absolute atomic E-state index is 12.2. The van der Waals surface area contributed by atoms with Gasteiger partial charge in [-0.25, -0.2) is 9.78 Å². The van der Waals surface area contributed by atoms with Crippen molar-refractivity contribution in [1.82, 2.24) is 14.9 Å². The molecule has 28 heavy (non-hydrogen) atoms. The number of carbonyl (C=O) groups is 1. The maximum atomic E-state index is 12.2. The van der Waals surface area contributed by atoms with Gasteiger partial charge in [0, 0.05) is 17.2 Å². The number of benzene rings is 1. The molecule has 1 unspecified atom stereocenters. The number of rotatable bonds is 6. The first-order valence-corrected chi connectivity index (χ1v) is 9.97. The Balaban J connectivity index is 2.08. The minimum absolute atomic E-state index is 0.314. The van der Waals surface area contributed by atoms with Crippen molar-refractivity contribution in [3.63, 3.8) is 0 Å². The number of carboxylic acid groups (broad SMARTS) is 1. The number of hydrogen-bond donors (Lipinski definition) is 2. The number of ether oxygens (including phenoxy) is 1. The Labute approximate surface area is 166 Å². The molecule has 2 N–H and O–H groups in total. The first-order chi connectivity index (χ1) is 13.2. The summed E-state index contributed by atoms with van der Waals surface area (Å²) in [6.45, 7) is 9.64. The largest absolute Gasteiger partial charge is 0.496 e. The summed E-state index contributed by atoms with van der Waals surface area (Å²) >= 11 is 0. The van der Waals surface area contributed by atoms with Crippen LogP contribution in [0, 0.1) is 5.92 Å². The number of H-pyrrole nitrogens is 1. The van der Waals surface area contributed by atoms with Crippen LogP contribution in [0.15, 0.2) is 18.7 Å². The molecular formula is C22H31N3O3. The van der Waals surface area contributed by atoms with Gasteiger partial charge in [-0.15, -0.1) is 0 Å². The third-order valence-corrected chi connectivity index (χ3v) is 5.66. The van der Waals surface area contributed by atoms with Gasteiger partial charge in [0.15, 0.2) is 0 Å². The Bertz CT molecular complexity index is 860. The van der Waals surface area contributed by atoms with E-state index in [9.17, 15) is 9.90 Å². The molecule has 152 valence electrons. The van der Waals surface area contributed by atoms with Gasteiger partial charge in [-0.3, -0.25) is 4.90 Å². The van der Waals surface area contributed by atoms with E-state index >= 15 is 0 Å². The molecule has 0 bridgehead atoms. The number of nitrogens with one attached hydrogen (secondary N) is 1. The lowest BCUT2D eigenvalue weighted by atomic mass is 9.93. The van der Waals surface area contributed by atoms with Gasteiger partial charge in [-0.1, -0.05) is 38.3 Å². The molecule has 0 radical (unpaired) electrons. The van der Waals surface area contributed by atoms with Crippen LogP contribution in [0.1, 0.15) is 70.3 Å². The van der Waals surface area contributed by atoms with Crippen molar-refractivity contribution in [2.45, 2.75) is 64.5 Å². The van der Waals surface area contributed by atoms with Gasteiger partial charge < -0.3 is 14.8 Å². The van der Waals surface area contributed by atoms with Crippen LogP contribution in [0.25, 0.3) is 17.1 Å². The van der Waals surface area contributed by atoms with Crippen molar-refractivity contribution in [3.05, 3.63) is 30.1 Å². The highest BCUT2D eigenvalue weighted by Crippen LogP contribution is 2.39. The summed E-state index contributed by atoms with van der Waals surface area (Å²) in [5, 5.41) is 10.0. The quantitative estimate of drug-likeness (QED) is 0.677. The number of fused-ring (bicyclic) bond motifs is 1. The van der Waals surface area contributed by atoms with Crippen molar-refractivity contribution >= 4 is 23.2 Å². The summed E-state index contributed by atoms with van der Waals surface area (Å²) in [7, 11) is 1.62. The van der Waals surface area contributed by atoms with Crippen molar-refractivity contribution < 1.29 is 14.6 Å². The number of imidazole rings is 1. The Morgan fingerprint density at radius 1 is 1.43 bits per heavy atom. The van der Waals surface area contributed by atoms with E-state index in [0.717, 1.165) is 35.9 Å². The van der Waals surface area contributed by atoms with Gasteiger partial charge in [0.05, 0.1) is 24.2 Å². The lowest BCUT2D eigenvalue weighted by molar-refractivity contribution is 0.0582. The zero-order valence-corrected chi connectivity index (χ0v) is 17.3. The number of nitrogens with zero attached hydrogens (tertiary/aromatic N) is 2. The zero-order chi connectivity index (χ0) is 20.5. The molecular weight excluding hydrogens is 354 g/mol. The second kappa shape index (κ2) is 7.86. The molecule has 1 saturated carbocycles. The molecule has 3 rings (SSSR count). The van der Waals surface area contributed by atoms with Crippen molar-refractivity contribution in [2.24, 2.45) is 5.92 Å². The summed E-state index contributed by atoms with van der Waals surface area (Å²) < 4.78 is 5.43. The van der Waals surface area contributed by atoms with Crippen molar-refractivity contribution in [3.8, 4) is 5.75 Å². The van der Waals surface area contributed by atoms with Crippen LogP contribution in [0.2, 0.25) is 0 Å². The molecule has 0 saturated heterocycles. The molecule has 0 spiro atoms. The fourth-order valence-electron chi connectivity index (χ4n) is 4.36. The number of hydrogen-bond acceptors (Lipinski definition) is 3. The molecule has 1 atom stereocenters. The molecule has 1 aromatic carbocycles. The molecule has 1 heterocycles. The van der Waals surface area contributed by atoms with E-state index in [-0.39, 0.29) is 6.04 Å². The normalized spacial score (nSPS) is 16.3. The lowest BCUT2D eigenvalue weighted by Crippen LogP contribution is -2.47. The molecule has 1 fully saturated rings. The van der Waals surface area contributed by atoms with Gasteiger partial charge in [0.1, 0.15) is 11.6 Å². The molecule has 6 nitrogen and oxygen atoms in total. The van der Waals surface area contributed by atoms with Gasteiger partial charge in [0.2, 0.25) is 0 Å². The summed E-state index contributed by atoms with van der Waals surface area (Å²) in [5.41, 5.74) is 1.98. The highest BCUT2D eigenvalue weighted by Gasteiger charge is 2.37. The van der Waals surface area contributed by atoms with Crippen LogP contribution < -0.4 is 4.74 Å². The minimum atomic E-state index is -0.916. The van der Waals surface area contributed by atoms with Crippen molar-refractivity contribution in [1.29, 1.82) is 0 Å². The van der Waals surface area contributed by atoms with Gasteiger partial charge in [-0.05, 0) is 39.2 Å². The number of amides is 1. The molecule has 6 heteroatoms. The molecule has 1 aliphatic carbocycles. The fourth-order valence-corrected chi connectivity index (χ4v) is 4.36. The second-order valence-electron chi connectivity index (χ2n) is 8.66.